The number of carboxylic acid groups (broad SMARTS) is 1. The van der Waals surface area contributed by atoms with Crippen LogP contribution in [0.4, 0.5) is 20.7 Å². The van der Waals surface area contributed by atoms with E-state index in [4.69, 9.17) is 23.7 Å². The van der Waals surface area contributed by atoms with Crippen molar-refractivity contribution in [2.45, 2.75) is 114 Å². The average molecular weight is 1080 g/mol. The third kappa shape index (κ3) is 13.7. The zero-order chi connectivity index (χ0) is 55.0. The maximum atomic E-state index is 14.5. The van der Waals surface area contributed by atoms with Gasteiger partial charge < -0.3 is 49.6 Å². The van der Waals surface area contributed by atoms with Gasteiger partial charge in [-0.2, -0.15) is 5.10 Å². The Balaban J connectivity index is 0.869. The molecule has 1 aliphatic carbocycles. The molecule has 412 valence electrons. The summed E-state index contributed by atoms with van der Waals surface area (Å²) >= 11 is 0. The fraction of sp³-hybridized carbons (Fsp3) is 0.519. The van der Waals surface area contributed by atoms with E-state index in [0.29, 0.717) is 33.3 Å². The maximum absolute atomic E-state index is 14.5. The van der Waals surface area contributed by atoms with Crippen molar-refractivity contribution < 1.29 is 60.8 Å². The summed E-state index contributed by atoms with van der Waals surface area (Å²) in [4.78, 5) is 60.4. The molecule has 0 radical (unpaired) electrons. The highest BCUT2D eigenvalue weighted by Gasteiger charge is 2.46. The van der Waals surface area contributed by atoms with Crippen LogP contribution in [0.1, 0.15) is 84.9 Å². The monoisotopic (exact) mass is 1070 g/mol. The predicted octanol–water partition coefficient (Wildman–Crippen LogP) is 6.70. The highest BCUT2D eigenvalue weighted by Crippen LogP contribution is 2.39. The lowest BCUT2D eigenvalue weighted by Gasteiger charge is -2.37. The van der Waals surface area contributed by atoms with Crippen LogP contribution in [0.2, 0.25) is 0 Å². The van der Waals surface area contributed by atoms with E-state index in [0.717, 1.165) is 29.7 Å². The minimum Gasteiger partial charge on any atom is -0.490 e. The first kappa shape index (κ1) is 57.2. The molecule has 2 aromatic heterocycles. The number of rotatable bonds is 23. The molecule has 1 aliphatic heterocycles. The summed E-state index contributed by atoms with van der Waals surface area (Å²) in [6.07, 6.45) is 2.55. The molecule has 5 aromatic rings. The number of pyridine rings is 1. The molecular formula is C54H71FN8O12S. The van der Waals surface area contributed by atoms with Gasteiger partial charge in [0.1, 0.15) is 41.2 Å². The van der Waals surface area contributed by atoms with Crippen LogP contribution < -0.4 is 20.7 Å². The Kier molecular flexibility index (Phi) is 18.6. The Morgan fingerprint density at radius 2 is 1.59 bits per heavy atom. The molecule has 3 heterocycles. The normalized spacial score (nSPS) is 17.8. The van der Waals surface area contributed by atoms with E-state index in [1.807, 2.05) is 18.2 Å². The molecule has 5 atom stereocenters. The SMILES string of the molecule is CC(C(=O)NC(C(=O)N1C[C@@H](OCCOCCOCCOCCOc2cc3nccc(Nc4n[nH]c5ccc(F)cc45)c3cc2S(=O)(=O)C(C)(C)C)C[C@H]1C(=O)N[C@@H]1CCCc2ccccc21)C(C)(C)C)N(C)C(=O)O. The van der Waals surface area contributed by atoms with Gasteiger partial charge in [-0.3, -0.25) is 29.4 Å². The van der Waals surface area contributed by atoms with Gasteiger partial charge in [-0.1, -0.05) is 45.0 Å². The smallest absolute Gasteiger partial charge is 0.407 e. The Morgan fingerprint density at radius 3 is 2.28 bits per heavy atom. The second kappa shape index (κ2) is 24.7. The number of carbonyl (C=O) groups is 4. The zero-order valence-electron chi connectivity index (χ0n) is 44.4. The topological polar surface area (TPSA) is 253 Å². The van der Waals surface area contributed by atoms with Gasteiger partial charge in [0.25, 0.3) is 0 Å². The molecule has 1 saturated heterocycles. The predicted molar refractivity (Wildman–Crippen MR) is 283 cm³/mol. The van der Waals surface area contributed by atoms with Crippen LogP contribution in [0.3, 0.4) is 0 Å². The summed E-state index contributed by atoms with van der Waals surface area (Å²) in [6.45, 7) is 13.3. The molecule has 0 spiro atoms. The van der Waals surface area contributed by atoms with Crippen LogP contribution in [0, 0.1) is 11.2 Å². The Bertz CT molecular complexity index is 2980. The van der Waals surface area contributed by atoms with Gasteiger partial charge in [-0.15, -0.1) is 0 Å². The maximum Gasteiger partial charge on any atom is 0.407 e. The molecule has 2 aliphatic rings. The number of aryl methyl sites for hydroxylation is 1. The molecule has 0 bridgehead atoms. The van der Waals surface area contributed by atoms with E-state index in [-0.39, 0.29) is 88.4 Å². The number of H-pyrrole nitrogens is 1. The van der Waals surface area contributed by atoms with Crippen molar-refractivity contribution in [3.8, 4) is 5.75 Å². The molecule has 3 aromatic carbocycles. The van der Waals surface area contributed by atoms with Crippen LogP contribution in [0.5, 0.6) is 5.75 Å². The van der Waals surface area contributed by atoms with E-state index >= 15 is 0 Å². The van der Waals surface area contributed by atoms with Crippen LogP contribution in [0.15, 0.2) is 71.8 Å². The van der Waals surface area contributed by atoms with E-state index in [9.17, 15) is 37.1 Å². The lowest BCUT2D eigenvalue weighted by atomic mass is 9.85. The molecule has 1 fully saturated rings. The number of halogens is 1. The number of aromatic nitrogens is 3. The van der Waals surface area contributed by atoms with Crippen molar-refractivity contribution in [3.63, 3.8) is 0 Å². The number of likely N-dealkylation sites (N-methyl/N-ethyl adjacent to an activating group) is 1. The second-order valence-electron chi connectivity index (χ2n) is 21.1. The molecule has 7 rings (SSSR count). The Hall–Kier alpha value is -6.46. The first-order valence-corrected chi connectivity index (χ1v) is 27.0. The van der Waals surface area contributed by atoms with Crippen LogP contribution in [-0.2, 0) is 49.6 Å². The lowest BCUT2D eigenvalue weighted by Crippen LogP contribution is -2.60. The number of carbonyl (C=O) groups excluding carboxylic acids is 3. The number of ether oxygens (including phenoxy) is 5. The minimum absolute atomic E-state index is 0.0178. The Labute approximate surface area is 442 Å². The van der Waals surface area contributed by atoms with Crippen LogP contribution >= 0.6 is 0 Å². The van der Waals surface area contributed by atoms with E-state index in [1.165, 1.54) is 42.6 Å². The van der Waals surface area contributed by atoms with Crippen molar-refractivity contribution in [1.29, 1.82) is 0 Å². The number of hydrogen-bond donors (Lipinski definition) is 5. The van der Waals surface area contributed by atoms with Crippen LogP contribution in [0.25, 0.3) is 21.8 Å². The fourth-order valence-electron chi connectivity index (χ4n) is 9.15. The number of nitrogens with zero attached hydrogens (tertiary/aromatic N) is 4. The average Bonchev–Trinajstić information content (AvgIpc) is 4.02. The van der Waals surface area contributed by atoms with Gasteiger partial charge in [0.2, 0.25) is 17.7 Å². The summed E-state index contributed by atoms with van der Waals surface area (Å²) in [5.41, 5.74) is 3.03. The summed E-state index contributed by atoms with van der Waals surface area (Å²) < 4.78 is 70.2. The highest BCUT2D eigenvalue weighted by atomic mass is 32.2. The number of sulfone groups is 1. The Morgan fingerprint density at radius 1 is 0.908 bits per heavy atom. The number of hydrogen-bond acceptors (Lipinski definition) is 14. The molecule has 4 amide bonds. The van der Waals surface area contributed by atoms with Gasteiger partial charge >= 0.3 is 6.09 Å². The zero-order valence-corrected chi connectivity index (χ0v) is 45.3. The molecule has 2 unspecified atom stereocenters. The molecular weight excluding hydrogens is 1000 g/mol. The number of benzene rings is 3. The number of fused-ring (bicyclic) bond motifs is 3. The molecule has 76 heavy (non-hydrogen) atoms. The lowest BCUT2D eigenvalue weighted by molar-refractivity contribution is -0.144. The molecule has 22 heteroatoms. The number of anilines is 2. The van der Waals surface area contributed by atoms with Gasteiger partial charge in [0.05, 0.1) is 79.9 Å². The number of amides is 4. The van der Waals surface area contributed by atoms with E-state index in [2.05, 4.69) is 37.2 Å². The second-order valence-corrected chi connectivity index (χ2v) is 23.8. The standard InChI is InChI=1S/C54H71FN8O12S/c1-33(62(8)52(67)68)49(64)59-47(53(2,3)4)51(66)63-32-36(29-44(63)50(65)58-40-15-11-13-34-12-9-10-14-37(34)40)74-26-24-72-22-20-71-21-23-73-25-27-75-45-31-43-38(30-46(45)76(69,70)54(5,6)7)41(18-19-56-43)57-48-39-28-35(55)16-17-42(39)60-61-48/h9-10,12,14,16-19,28,30-31,33,36,40,44,47H,11,13,15,20-27,29,32H2,1-8H3,(H,58,65)(H,59,64)(H,67,68)(H2,56,57,60,61)/t33?,36-,40+,44-,47?/m0/s1. The summed E-state index contributed by atoms with van der Waals surface area (Å²) in [5.74, 6) is -1.37. The summed E-state index contributed by atoms with van der Waals surface area (Å²) in [7, 11) is -2.64. The summed E-state index contributed by atoms with van der Waals surface area (Å²) in [5, 5.41) is 26.8. The summed E-state index contributed by atoms with van der Waals surface area (Å²) in [6, 6.07) is 13.8. The van der Waals surface area contributed by atoms with E-state index in [1.54, 1.807) is 65.9 Å². The van der Waals surface area contributed by atoms with Gasteiger partial charge in [-0.05, 0) is 93.8 Å². The van der Waals surface area contributed by atoms with Crippen molar-refractivity contribution in [1.82, 2.24) is 35.6 Å². The van der Waals surface area contributed by atoms with Gasteiger partial charge in [0, 0.05) is 43.0 Å². The molecule has 0 saturated carbocycles. The van der Waals surface area contributed by atoms with Gasteiger partial charge in [-0.25, -0.2) is 17.6 Å². The van der Waals surface area contributed by atoms with Crippen molar-refractivity contribution in [2.75, 3.05) is 71.8 Å². The van der Waals surface area contributed by atoms with Crippen LogP contribution in [-0.4, -0.2) is 158 Å². The quantitative estimate of drug-likeness (QED) is 0.0427. The first-order chi connectivity index (χ1) is 36.0. The molecule has 5 N–H and O–H groups in total. The number of likely N-dealkylation sites (tertiary alicyclic amines) is 1. The fourth-order valence-corrected chi connectivity index (χ4v) is 10.5. The van der Waals surface area contributed by atoms with E-state index < -0.39 is 68.0 Å². The molecule has 20 nitrogen and oxygen atoms in total. The third-order valence-corrected chi connectivity index (χ3v) is 16.2. The minimum atomic E-state index is -3.92. The van der Waals surface area contributed by atoms with Crippen molar-refractivity contribution in [2.24, 2.45) is 5.41 Å². The first-order valence-electron chi connectivity index (χ1n) is 25.6. The third-order valence-electron chi connectivity index (χ3n) is 13.7. The number of aromatic amines is 1. The van der Waals surface area contributed by atoms with Crippen molar-refractivity contribution >= 4 is 67.0 Å². The highest BCUT2D eigenvalue weighted by molar-refractivity contribution is 7.92. The number of nitrogens with one attached hydrogen (secondary N) is 4. The van der Waals surface area contributed by atoms with Gasteiger partial charge in [0.15, 0.2) is 15.7 Å². The largest absolute Gasteiger partial charge is 0.490 e. The van der Waals surface area contributed by atoms with Crippen molar-refractivity contribution in [3.05, 3.63) is 83.8 Å².